The molecule has 152 valence electrons. The lowest BCUT2D eigenvalue weighted by molar-refractivity contribution is 0.139. The monoisotopic (exact) mass is 424 g/mol. The molecule has 0 aromatic carbocycles. The van der Waals surface area contributed by atoms with E-state index in [0.717, 1.165) is 40.2 Å². The Balaban J connectivity index is 1.58. The maximum atomic E-state index is 13.2. The van der Waals surface area contributed by atoms with Gasteiger partial charge in [0.05, 0.1) is 5.39 Å². The van der Waals surface area contributed by atoms with E-state index in [1.54, 1.807) is 17.7 Å². The second-order valence-electron chi connectivity index (χ2n) is 7.33. The van der Waals surface area contributed by atoms with Crippen molar-refractivity contribution in [3.05, 3.63) is 40.0 Å². The number of halogens is 4. The van der Waals surface area contributed by atoms with Crippen molar-refractivity contribution < 1.29 is 17.6 Å². The van der Waals surface area contributed by atoms with Gasteiger partial charge in [-0.15, -0.1) is 16.4 Å². The van der Waals surface area contributed by atoms with Gasteiger partial charge < -0.3 is 0 Å². The Hall–Kier alpha value is -2.56. The number of nitrogens with zero attached hydrogens (tertiary/aromatic N) is 6. The first kappa shape index (κ1) is 18.5. The summed E-state index contributed by atoms with van der Waals surface area (Å²) in [5.41, 5.74) is 0.572. The van der Waals surface area contributed by atoms with Crippen molar-refractivity contribution in [2.45, 2.75) is 45.6 Å². The average molecular weight is 424 g/mol. The normalized spacial score (nSPS) is 17.1. The van der Waals surface area contributed by atoms with Crippen LogP contribution in [0.1, 0.15) is 53.8 Å². The molecule has 0 saturated heterocycles. The maximum Gasteiger partial charge on any atom is 0.282 e. The first-order valence-electron chi connectivity index (χ1n) is 9.19. The van der Waals surface area contributed by atoms with E-state index in [9.17, 15) is 17.6 Å². The van der Waals surface area contributed by atoms with Crippen molar-refractivity contribution in [1.82, 2.24) is 29.4 Å². The third kappa shape index (κ3) is 3.07. The molecule has 5 rings (SSSR count). The summed E-state index contributed by atoms with van der Waals surface area (Å²) in [6.07, 6.45) is -1.28. The van der Waals surface area contributed by atoms with E-state index >= 15 is 0 Å². The van der Waals surface area contributed by atoms with E-state index in [2.05, 4.69) is 27.1 Å². The summed E-state index contributed by atoms with van der Waals surface area (Å²) in [5.74, 6) is 0.839. The standard InChI is InChI=1S/C18H16F4N6S/c1-8-2-3-9-12(4-8)29-18-14(9)17-24-13(26-28(17)7-23-18)6-27-11(16(21)22)5-10(25-27)15(19)20/h5,7-8,15-16H,2-4,6H2,1H3. The zero-order valence-corrected chi connectivity index (χ0v) is 16.1. The van der Waals surface area contributed by atoms with Gasteiger partial charge in [0.25, 0.3) is 12.9 Å². The van der Waals surface area contributed by atoms with Gasteiger partial charge in [0, 0.05) is 4.88 Å². The van der Waals surface area contributed by atoms with Crippen LogP contribution in [0.5, 0.6) is 0 Å². The topological polar surface area (TPSA) is 60.9 Å². The first-order valence-corrected chi connectivity index (χ1v) is 10.0. The van der Waals surface area contributed by atoms with Gasteiger partial charge in [0.1, 0.15) is 29.1 Å². The Kier molecular flexibility index (Phi) is 4.30. The van der Waals surface area contributed by atoms with Gasteiger partial charge in [0.15, 0.2) is 11.5 Å². The molecule has 1 aliphatic rings. The number of aromatic nitrogens is 6. The van der Waals surface area contributed by atoms with E-state index in [4.69, 9.17) is 0 Å². The summed E-state index contributed by atoms with van der Waals surface area (Å²) >= 11 is 1.65. The molecule has 11 heteroatoms. The van der Waals surface area contributed by atoms with Crippen LogP contribution in [0.25, 0.3) is 15.9 Å². The highest BCUT2D eigenvalue weighted by atomic mass is 32.1. The Bertz CT molecular complexity index is 1210. The van der Waals surface area contributed by atoms with Gasteiger partial charge in [-0.3, -0.25) is 4.68 Å². The van der Waals surface area contributed by atoms with Crippen LogP contribution in [0.2, 0.25) is 0 Å². The predicted molar refractivity (Wildman–Crippen MR) is 98.6 cm³/mol. The van der Waals surface area contributed by atoms with E-state index < -0.39 is 24.2 Å². The van der Waals surface area contributed by atoms with Crippen molar-refractivity contribution in [3.63, 3.8) is 0 Å². The molecule has 0 bridgehead atoms. The van der Waals surface area contributed by atoms with Crippen LogP contribution < -0.4 is 0 Å². The summed E-state index contributed by atoms with van der Waals surface area (Å²) in [7, 11) is 0. The highest BCUT2D eigenvalue weighted by Crippen LogP contribution is 2.38. The van der Waals surface area contributed by atoms with Crippen LogP contribution in [0.15, 0.2) is 12.4 Å². The maximum absolute atomic E-state index is 13.2. The second-order valence-corrected chi connectivity index (χ2v) is 8.41. The molecule has 4 aromatic heterocycles. The highest BCUT2D eigenvalue weighted by Gasteiger charge is 2.25. The minimum atomic E-state index is -2.92. The first-order chi connectivity index (χ1) is 13.9. The van der Waals surface area contributed by atoms with Gasteiger partial charge in [0.2, 0.25) is 0 Å². The molecule has 0 aliphatic heterocycles. The molecule has 1 atom stereocenters. The molecule has 29 heavy (non-hydrogen) atoms. The van der Waals surface area contributed by atoms with Crippen LogP contribution in [0, 0.1) is 5.92 Å². The summed E-state index contributed by atoms with van der Waals surface area (Å²) in [6.45, 7) is 2.00. The summed E-state index contributed by atoms with van der Waals surface area (Å²) in [6, 6.07) is 0.724. The van der Waals surface area contributed by atoms with Crippen molar-refractivity contribution in [1.29, 1.82) is 0 Å². The van der Waals surface area contributed by atoms with Crippen LogP contribution in [-0.2, 0) is 19.4 Å². The van der Waals surface area contributed by atoms with Gasteiger partial charge in [-0.1, -0.05) is 6.92 Å². The Morgan fingerprint density at radius 2 is 2.03 bits per heavy atom. The van der Waals surface area contributed by atoms with Gasteiger partial charge in [-0.05, 0) is 36.8 Å². The van der Waals surface area contributed by atoms with Gasteiger partial charge in [-0.25, -0.2) is 32.0 Å². The quantitative estimate of drug-likeness (QED) is 0.450. The molecular weight excluding hydrogens is 408 g/mol. The molecule has 0 spiro atoms. The molecule has 6 nitrogen and oxygen atoms in total. The van der Waals surface area contributed by atoms with Crippen molar-refractivity contribution in [2.75, 3.05) is 0 Å². The molecule has 4 aromatic rings. The predicted octanol–water partition coefficient (Wildman–Crippen LogP) is 4.58. The van der Waals surface area contributed by atoms with Gasteiger partial charge >= 0.3 is 0 Å². The van der Waals surface area contributed by atoms with Crippen molar-refractivity contribution in [2.24, 2.45) is 5.92 Å². The fraction of sp³-hybridized carbons (Fsp3) is 0.444. The molecule has 0 N–H and O–H groups in total. The second kappa shape index (κ2) is 6.75. The molecule has 1 unspecified atom stereocenters. The van der Waals surface area contributed by atoms with Crippen LogP contribution >= 0.6 is 11.3 Å². The van der Waals surface area contributed by atoms with E-state index in [1.165, 1.54) is 15.0 Å². The molecule has 4 heterocycles. The van der Waals surface area contributed by atoms with Gasteiger partial charge in [-0.2, -0.15) is 5.10 Å². The lowest BCUT2D eigenvalue weighted by Gasteiger charge is -2.17. The number of hydrogen-bond acceptors (Lipinski definition) is 5. The number of rotatable bonds is 4. The number of hydrogen-bond donors (Lipinski definition) is 0. The Labute approximate surface area is 166 Å². The number of aryl methyl sites for hydroxylation is 1. The zero-order chi connectivity index (χ0) is 20.3. The fourth-order valence-corrected chi connectivity index (χ4v) is 5.19. The van der Waals surface area contributed by atoms with E-state index in [0.29, 0.717) is 11.6 Å². The van der Waals surface area contributed by atoms with E-state index in [-0.39, 0.29) is 12.4 Å². The molecule has 0 radical (unpaired) electrons. The Morgan fingerprint density at radius 3 is 2.79 bits per heavy atom. The zero-order valence-electron chi connectivity index (χ0n) is 15.3. The summed E-state index contributed by atoms with van der Waals surface area (Å²) in [5, 5.41) is 8.87. The fourth-order valence-electron chi connectivity index (χ4n) is 3.85. The molecule has 0 saturated carbocycles. The average Bonchev–Trinajstić information content (AvgIpc) is 3.35. The van der Waals surface area contributed by atoms with Crippen molar-refractivity contribution in [3.8, 4) is 0 Å². The summed E-state index contributed by atoms with van der Waals surface area (Å²) < 4.78 is 54.6. The lowest BCUT2D eigenvalue weighted by atomic mass is 9.89. The largest absolute Gasteiger partial charge is 0.282 e. The Morgan fingerprint density at radius 1 is 1.21 bits per heavy atom. The SMILES string of the molecule is CC1CCc2c(sc3ncn4nc(Cn5nc(C(F)F)cc5C(F)F)nc4c23)C1. The van der Waals surface area contributed by atoms with Crippen LogP contribution in [0.3, 0.4) is 0 Å². The summed E-state index contributed by atoms with van der Waals surface area (Å²) in [4.78, 5) is 11.2. The third-order valence-electron chi connectivity index (χ3n) is 5.24. The number of fused-ring (bicyclic) bond motifs is 5. The highest BCUT2D eigenvalue weighted by molar-refractivity contribution is 7.19. The minimum absolute atomic E-state index is 0.217. The van der Waals surface area contributed by atoms with Crippen molar-refractivity contribution >= 4 is 27.2 Å². The molecular formula is C18H16F4N6S. The van der Waals surface area contributed by atoms with E-state index in [1.807, 2.05) is 0 Å². The van der Waals surface area contributed by atoms with Crippen LogP contribution in [-0.4, -0.2) is 29.4 Å². The van der Waals surface area contributed by atoms with Crippen LogP contribution in [0.4, 0.5) is 17.6 Å². The third-order valence-corrected chi connectivity index (χ3v) is 6.41. The molecule has 1 aliphatic carbocycles. The number of alkyl halides is 4. The number of thiophene rings is 1. The lowest BCUT2D eigenvalue weighted by Crippen LogP contribution is -2.08. The minimum Gasteiger partial charge on any atom is -0.256 e. The molecule has 0 amide bonds. The molecule has 0 fully saturated rings. The smallest absolute Gasteiger partial charge is 0.256 e.